The van der Waals surface area contributed by atoms with Gasteiger partial charge in [-0.2, -0.15) is 0 Å². The molecule has 26 heavy (non-hydrogen) atoms. The van der Waals surface area contributed by atoms with Gasteiger partial charge in [0, 0.05) is 8.80 Å². The highest BCUT2D eigenvalue weighted by Crippen LogP contribution is 2.35. The van der Waals surface area contributed by atoms with Crippen molar-refractivity contribution in [3.63, 3.8) is 0 Å². The number of benzene rings is 2. The lowest BCUT2D eigenvalue weighted by Gasteiger charge is -2.27. The molecule has 1 fully saturated rings. The van der Waals surface area contributed by atoms with Crippen molar-refractivity contribution in [2.24, 2.45) is 0 Å². The molecule has 0 saturated carbocycles. The van der Waals surface area contributed by atoms with E-state index in [0.717, 1.165) is 5.75 Å². The highest BCUT2D eigenvalue weighted by atomic mass is 28.3. The second-order valence-corrected chi connectivity index (χ2v) is 10.7. The van der Waals surface area contributed by atoms with E-state index < -0.39 is 8.80 Å². The molecule has 2 aromatic carbocycles. The number of hydrogen-bond donors (Lipinski definition) is 0. The van der Waals surface area contributed by atoms with Crippen LogP contribution in [-0.4, -0.2) is 21.9 Å². The Hall–Kier alpha value is -2.07. The molecule has 1 saturated heterocycles. The second kappa shape index (κ2) is 9.04. The van der Waals surface area contributed by atoms with Crippen LogP contribution in [0.4, 0.5) is 0 Å². The second-order valence-electron chi connectivity index (χ2n) is 7.19. The molecule has 1 heterocycles. The van der Waals surface area contributed by atoms with Gasteiger partial charge < -0.3 is 9.47 Å². The molecule has 0 aromatic heterocycles. The average Bonchev–Trinajstić information content (AvgIpc) is 2.69. The number of carbonyl (C=O) groups is 1. The summed E-state index contributed by atoms with van der Waals surface area (Å²) in [6.45, 7) is 2.31. The monoisotopic (exact) mass is 368 g/mol. The van der Waals surface area contributed by atoms with Crippen LogP contribution >= 0.6 is 0 Å². The fourth-order valence-corrected chi connectivity index (χ4v) is 7.32. The van der Waals surface area contributed by atoms with Crippen molar-refractivity contribution in [1.29, 1.82) is 0 Å². The number of rotatable bonds is 6. The molecular formula is C22H28O3Si. The first-order chi connectivity index (χ1) is 12.7. The normalized spacial score (nSPS) is 19.8. The van der Waals surface area contributed by atoms with Crippen LogP contribution in [0.15, 0.2) is 48.5 Å². The number of esters is 1. The zero-order chi connectivity index (χ0) is 18.4. The molecule has 1 aliphatic heterocycles. The molecule has 2 aromatic rings. The summed E-state index contributed by atoms with van der Waals surface area (Å²) in [5.41, 5.74) is 1.97. The van der Waals surface area contributed by atoms with Crippen LogP contribution in [-0.2, 0) is 0 Å². The third kappa shape index (κ3) is 4.76. The first-order valence-corrected chi connectivity index (χ1v) is 12.1. The van der Waals surface area contributed by atoms with E-state index in [4.69, 9.17) is 9.47 Å². The Bertz CT molecular complexity index is 701. The third-order valence-electron chi connectivity index (χ3n) is 5.43. The number of ether oxygens (including phenoxy) is 2. The van der Waals surface area contributed by atoms with Crippen molar-refractivity contribution in [2.75, 3.05) is 7.11 Å². The zero-order valence-electron chi connectivity index (χ0n) is 15.7. The maximum absolute atomic E-state index is 12.3. The predicted octanol–water partition coefficient (Wildman–Crippen LogP) is 5.43. The van der Waals surface area contributed by atoms with Crippen molar-refractivity contribution < 1.29 is 14.3 Å². The minimum atomic E-state index is -0.444. The molecule has 0 spiro atoms. The van der Waals surface area contributed by atoms with Crippen LogP contribution < -0.4 is 9.47 Å². The number of methoxy groups -OCH3 is 1. The average molecular weight is 369 g/mol. The van der Waals surface area contributed by atoms with Gasteiger partial charge in [-0.1, -0.05) is 43.6 Å². The molecule has 0 atom stereocenters. The van der Waals surface area contributed by atoms with Gasteiger partial charge in [0.1, 0.15) is 11.5 Å². The van der Waals surface area contributed by atoms with Gasteiger partial charge in [0.15, 0.2) is 0 Å². The van der Waals surface area contributed by atoms with Crippen molar-refractivity contribution in [2.45, 2.75) is 50.2 Å². The topological polar surface area (TPSA) is 35.5 Å². The minimum Gasteiger partial charge on any atom is -0.497 e. The van der Waals surface area contributed by atoms with E-state index in [2.05, 4.69) is 19.1 Å². The van der Waals surface area contributed by atoms with Crippen LogP contribution in [0.25, 0.3) is 0 Å². The number of hydrogen-bond acceptors (Lipinski definition) is 3. The Balaban J connectivity index is 1.57. The Labute approximate surface area is 157 Å². The van der Waals surface area contributed by atoms with Crippen molar-refractivity contribution in [3.8, 4) is 11.5 Å². The van der Waals surface area contributed by atoms with E-state index in [-0.39, 0.29) is 5.97 Å². The van der Waals surface area contributed by atoms with Crippen LogP contribution in [0.2, 0.25) is 18.1 Å². The maximum Gasteiger partial charge on any atom is 0.343 e. The standard InChI is InChI=1S/C22H28O3Si/c1-3-14-26-15-12-18(13-16-26)17-4-6-19(7-5-17)22(23)25-21-10-8-20(24-2)9-11-21/h4-11,18,26H,3,12-16H2,1-2H3. The van der Waals surface area contributed by atoms with Gasteiger partial charge in [-0.05, 0) is 60.7 Å². The van der Waals surface area contributed by atoms with Crippen molar-refractivity contribution in [3.05, 3.63) is 59.7 Å². The fraction of sp³-hybridized carbons (Fsp3) is 0.409. The first kappa shape index (κ1) is 18.7. The number of carbonyl (C=O) groups excluding carboxylic acids is 1. The lowest BCUT2D eigenvalue weighted by Crippen LogP contribution is -2.20. The molecule has 138 valence electrons. The highest BCUT2D eigenvalue weighted by Gasteiger charge is 2.22. The van der Waals surface area contributed by atoms with E-state index in [1.165, 1.54) is 43.0 Å². The summed E-state index contributed by atoms with van der Waals surface area (Å²) < 4.78 is 10.5. The van der Waals surface area contributed by atoms with E-state index in [0.29, 0.717) is 17.2 Å². The maximum atomic E-state index is 12.3. The molecule has 0 radical (unpaired) electrons. The Kier molecular flexibility index (Phi) is 6.50. The quantitative estimate of drug-likeness (QED) is 0.387. The van der Waals surface area contributed by atoms with Gasteiger partial charge >= 0.3 is 5.97 Å². The Morgan fingerprint density at radius 1 is 1.00 bits per heavy atom. The first-order valence-electron chi connectivity index (χ1n) is 9.65. The Morgan fingerprint density at radius 3 is 2.19 bits per heavy atom. The lowest BCUT2D eigenvalue weighted by atomic mass is 9.93. The molecular weight excluding hydrogens is 340 g/mol. The lowest BCUT2D eigenvalue weighted by molar-refractivity contribution is 0.0734. The fourth-order valence-electron chi connectivity index (χ4n) is 3.89. The Morgan fingerprint density at radius 2 is 1.62 bits per heavy atom. The predicted molar refractivity (Wildman–Crippen MR) is 108 cm³/mol. The van der Waals surface area contributed by atoms with Crippen LogP contribution in [0.1, 0.15) is 48.0 Å². The van der Waals surface area contributed by atoms with E-state index in [1.807, 2.05) is 12.1 Å². The van der Waals surface area contributed by atoms with Crippen LogP contribution in [0, 0.1) is 0 Å². The van der Waals surface area contributed by atoms with Crippen LogP contribution in [0.5, 0.6) is 11.5 Å². The zero-order valence-corrected chi connectivity index (χ0v) is 16.9. The molecule has 0 N–H and O–H groups in total. The molecule has 3 nitrogen and oxygen atoms in total. The molecule has 0 unspecified atom stereocenters. The summed E-state index contributed by atoms with van der Waals surface area (Å²) in [5, 5.41) is 0. The van der Waals surface area contributed by atoms with E-state index in [9.17, 15) is 4.79 Å². The van der Waals surface area contributed by atoms with Gasteiger partial charge in [0.25, 0.3) is 0 Å². The van der Waals surface area contributed by atoms with E-state index >= 15 is 0 Å². The molecule has 0 bridgehead atoms. The molecule has 0 amide bonds. The van der Waals surface area contributed by atoms with Gasteiger partial charge in [-0.3, -0.25) is 0 Å². The van der Waals surface area contributed by atoms with Crippen molar-refractivity contribution in [1.82, 2.24) is 0 Å². The smallest absolute Gasteiger partial charge is 0.343 e. The minimum absolute atomic E-state index is 0.319. The highest BCUT2D eigenvalue weighted by molar-refractivity contribution is 6.59. The summed E-state index contributed by atoms with van der Waals surface area (Å²) in [7, 11) is 1.17. The molecule has 4 heteroatoms. The summed E-state index contributed by atoms with van der Waals surface area (Å²) in [6, 6.07) is 19.5. The molecule has 3 rings (SSSR count). The summed E-state index contributed by atoms with van der Waals surface area (Å²) in [4.78, 5) is 12.3. The van der Waals surface area contributed by atoms with Gasteiger partial charge in [0.2, 0.25) is 0 Å². The third-order valence-corrected chi connectivity index (χ3v) is 9.12. The molecule has 1 aliphatic rings. The largest absolute Gasteiger partial charge is 0.497 e. The SMILES string of the molecule is CCC[SiH]1CCC(c2ccc(C(=O)Oc3ccc(OC)cc3)cc2)CC1. The van der Waals surface area contributed by atoms with Gasteiger partial charge in [0.05, 0.1) is 12.7 Å². The van der Waals surface area contributed by atoms with E-state index in [1.54, 1.807) is 31.4 Å². The van der Waals surface area contributed by atoms with Gasteiger partial charge in [-0.25, -0.2) is 4.79 Å². The summed E-state index contributed by atoms with van der Waals surface area (Å²) in [6.07, 6.45) is 4.01. The van der Waals surface area contributed by atoms with Gasteiger partial charge in [-0.15, -0.1) is 0 Å². The molecule has 0 aliphatic carbocycles. The summed E-state index contributed by atoms with van der Waals surface area (Å²) in [5.74, 6) is 1.62. The van der Waals surface area contributed by atoms with Crippen molar-refractivity contribution >= 4 is 14.8 Å². The van der Waals surface area contributed by atoms with Crippen LogP contribution in [0.3, 0.4) is 0 Å². The summed E-state index contributed by atoms with van der Waals surface area (Å²) >= 11 is 0.